The maximum Gasteiger partial charge on any atom is 0.140 e. The third kappa shape index (κ3) is 5.37. The Morgan fingerprint density at radius 3 is 2.52 bits per heavy atom. The van der Waals surface area contributed by atoms with Gasteiger partial charge in [0, 0.05) is 36.2 Å². The van der Waals surface area contributed by atoms with E-state index in [0.717, 1.165) is 68.1 Å². The van der Waals surface area contributed by atoms with Crippen molar-refractivity contribution in [3.8, 4) is 22.8 Å². The van der Waals surface area contributed by atoms with Gasteiger partial charge in [-0.1, -0.05) is 5.16 Å². The van der Waals surface area contributed by atoms with E-state index in [0.29, 0.717) is 23.3 Å². The second kappa shape index (κ2) is 10.3. The standard InChI is InChI=1S/C24H28N2O5/c1-28-19-6-4-18(5-7-19)23-17-22(25-27)21-9-8-20(16-24(21)31-23)30-13-3-2-10-26-11-14-29-15-12-26/h4-9,16-17,27H,2-3,10-15H2,1H3. The number of hydrogen-bond donors (Lipinski definition) is 1. The molecule has 2 aromatic carbocycles. The van der Waals surface area contributed by atoms with Gasteiger partial charge in [0.05, 0.1) is 26.9 Å². The van der Waals surface area contributed by atoms with E-state index in [1.54, 1.807) is 13.2 Å². The molecular weight excluding hydrogens is 396 g/mol. The summed E-state index contributed by atoms with van der Waals surface area (Å²) in [7, 11) is 1.63. The molecule has 0 unspecified atom stereocenters. The molecule has 2 heterocycles. The molecule has 164 valence electrons. The molecule has 1 N–H and O–H groups in total. The Morgan fingerprint density at radius 1 is 1.00 bits per heavy atom. The van der Waals surface area contributed by atoms with Crippen LogP contribution in [0.5, 0.6) is 11.5 Å². The van der Waals surface area contributed by atoms with Crippen molar-refractivity contribution in [1.29, 1.82) is 0 Å². The van der Waals surface area contributed by atoms with Crippen molar-refractivity contribution in [2.45, 2.75) is 12.8 Å². The number of fused-ring (bicyclic) bond motifs is 1. The van der Waals surface area contributed by atoms with Crippen LogP contribution in [0.4, 0.5) is 0 Å². The molecule has 0 spiro atoms. The Hall–Kier alpha value is -3.03. The van der Waals surface area contributed by atoms with Crippen LogP contribution in [0.25, 0.3) is 22.3 Å². The first-order valence-electron chi connectivity index (χ1n) is 10.6. The number of nitrogens with zero attached hydrogens (tertiary/aromatic N) is 2. The zero-order chi connectivity index (χ0) is 21.5. The first-order valence-corrected chi connectivity index (χ1v) is 10.6. The van der Waals surface area contributed by atoms with Crippen LogP contribution in [0.1, 0.15) is 12.8 Å². The second-order valence-corrected chi connectivity index (χ2v) is 7.49. The molecule has 0 saturated carbocycles. The number of morpholine rings is 1. The van der Waals surface area contributed by atoms with Gasteiger partial charge in [-0.2, -0.15) is 0 Å². The SMILES string of the molecule is COc1ccc(-c2cc(=NO)c3ccc(OCCCCN4CCOCC4)cc3o2)cc1. The molecule has 31 heavy (non-hydrogen) atoms. The van der Waals surface area contributed by atoms with Crippen LogP contribution < -0.4 is 14.8 Å². The Labute approximate surface area is 181 Å². The monoisotopic (exact) mass is 424 g/mol. The normalized spacial score (nSPS) is 15.3. The van der Waals surface area contributed by atoms with Crippen LogP contribution in [0.15, 0.2) is 58.1 Å². The number of methoxy groups -OCH3 is 1. The van der Waals surface area contributed by atoms with Crippen molar-refractivity contribution >= 4 is 11.0 Å². The molecular formula is C24H28N2O5. The molecule has 1 aromatic heterocycles. The Morgan fingerprint density at radius 2 is 1.77 bits per heavy atom. The molecule has 4 rings (SSSR count). The summed E-state index contributed by atoms with van der Waals surface area (Å²) >= 11 is 0. The van der Waals surface area contributed by atoms with Gasteiger partial charge >= 0.3 is 0 Å². The van der Waals surface area contributed by atoms with Crippen molar-refractivity contribution in [3.05, 3.63) is 53.9 Å². The molecule has 1 saturated heterocycles. The number of unbranched alkanes of at least 4 members (excludes halogenated alkanes) is 1. The minimum absolute atomic E-state index is 0.448. The van der Waals surface area contributed by atoms with Gasteiger partial charge in [0.15, 0.2) is 0 Å². The fraction of sp³-hybridized carbons (Fsp3) is 0.375. The van der Waals surface area contributed by atoms with E-state index < -0.39 is 0 Å². The molecule has 1 aliphatic heterocycles. The highest BCUT2D eigenvalue weighted by Gasteiger charge is 2.10. The molecule has 1 aliphatic rings. The third-order valence-corrected chi connectivity index (χ3v) is 5.44. The van der Waals surface area contributed by atoms with Gasteiger partial charge in [-0.25, -0.2) is 0 Å². The van der Waals surface area contributed by atoms with Crippen molar-refractivity contribution in [2.24, 2.45) is 5.16 Å². The Kier molecular flexibility index (Phi) is 7.07. The van der Waals surface area contributed by atoms with Gasteiger partial charge in [0.1, 0.15) is 28.2 Å². The topological polar surface area (TPSA) is 76.7 Å². The van der Waals surface area contributed by atoms with Gasteiger partial charge in [0.2, 0.25) is 0 Å². The first kappa shape index (κ1) is 21.2. The largest absolute Gasteiger partial charge is 0.497 e. The fourth-order valence-corrected chi connectivity index (χ4v) is 3.67. The quantitative estimate of drug-likeness (QED) is 0.336. The predicted molar refractivity (Wildman–Crippen MR) is 118 cm³/mol. The minimum atomic E-state index is 0.448. The van der Waals surface area contributed by atoms with E-state index in [-0.39, 0.29) is 0 Å². The summed E-state index contributed by atoms with van der Waals surface area (Å²) in [6, 6.07) is 14.8. The Bertz CT molecular complexity index is 1060. The fourth-order valence-electron chi connectivity index (χ4n) is 3.67. The van der Waals surface area contributed by atoms with Gasteiger partial charge in [-0.05, 0) is 55.8 Å². The number of hydrogen-bond acceptors (Lipinski definition) is 7. The van der Waals surface area contributed by atoms with Crippen molar-refractivity contribution < 1.29 is 23.8 Å². The maximum absolute atomic E-state index is 9.49. The van der Waals surface area contributed by atoms with Crippen LogP contribution in [0.2, 0.25) is 0 Å². The number of benzene rings is 2. The van der Waals surface area contributed by atoms with E-state index in [1.807, 2.05) is 42.5 Å². The Balaban J connectivity index is 1.44. The average Bonchev–Trinajstić information content (AvgIpc) is 2.83. The lowest BCUT2D eigenvalue weighted by molar-refractivity contribution is 0.0368. The van der Waals surface area contributed by atoms with E-state index in [4.69, 9.17) is 18.6 Å². The van der Waals surface area contributed by atoms with Gasteiger partial charge in [0.25, 0.3) is 0 Å². The molecule has 7 nitrogen and oxygen atoms in total. The van der Waals surface area contributed by atoms with E-state index in [2.05, 4.69) is 10.1 Å². The third-order valence-electron chi connectivity index (χ3n) is 5.44. The van der Waals surface area contributed by atoms with Crippen LogP contribution in [-0.4, -0.2) is 56.7 Å². The maximum atomic E-state index is 9.49. The summed E-state index contributed by atoms with van der Waals surface area (Å²) in [6.45, 7) is 5.41. The zero-order valence-corrected chi connectivity index (χ0v) is 17.8. The number of rotatable bonds is 8. The highest BCUT2D eigenvalue weighted by molar-refractivity contribution is 5.79. The van der Waals surface area contributed by atoms with Gasteiger partial charge < -0.3 is 23.8 Å². The molecule has 0 bridgehead atoms. The molecule has 7 heteroatoms. The number of ether oxygens (including phenoxy) is 3. The average molecular weight is 424 g/mol. The molecule has 0 atom stereocenters. The highest BCUT2D eigenvalue weighted by atomic mass is 16.5. The summed E-state index contributed by atoms with van der Waals surface area (Å²) in [5, 5.41) is 14.1. The van der Waals surface area contributed by atoms with Crippen LogP contribution >= 0.6 is 0 Å². The van der Waals surface area contributed by atoms with Gasteiger partial charge in [-0.3, -0.25) is 4.90 Å². The smallest absolute Gasteiger partial charge is 0.140 e. The lowest BCUT2D eigenvalue weighted by Crippen LogP contribution is -2.36. The molecule has 0 amide bonds. The van der Waals surface area contributed by atoms with Gasteiger partial charge in [-0.15, -0.1) is 0 Å². The molecule has 0 radical (unpaired) electrons. The lowest BCUT2D eigenvalue weighted by atomic mass is 10.1. The first-order chi connectivity index (χ1) is 15.3. The van der Waals surface area contributed by atoms with E-state index in [1.165, 1.54) is 0 Å². The predicted octanol–water partition coefficient (Wildman–Crippen LogP) is 3.89. The summed E-state index contributed by atoms with van der Waals surface area (Å²) < 4.78 is 22.6. The molecule has 1 fully saturated rings. The molecule has 3 aromatic rings. The van der Waals surface area contributed by atoms with E-state index in [9.17, 15) is 5.21 Å². The molecule has 0 aliphatic carbocycles. The summed E-state index contributed by atoms with van der Waals surface area (Å²) in [4.78, 5) is 2.43. The summed E-state index contributed by atoms with van der Waals surface area (Å²) in [6.07, 6.45) is 2.07. The van der Waals surface area contributed by atoms with Crippen molar-refractivity contribution in [3.63, 3.8) is 0 Å². The van der Waals surface area contributed by atoms with E-state index >= 15 is 0 Å². The lowest BCUT2D eigenvalue weighted by Gasteiger charge is -2.26. The zero-order valence-electron chi connectivity index (χ0n) is 17.8. The minimum Gasteiger partial charge on any atom is -0.497 e. The summed E-state index contributed by atoms with van der Waals surface area (Å²) in [5.41, 5.74) is 1.47. The van der Waals surface area contributed by atoms with Crippen LogP contribution in [0.3, 0.4) is 0 Å². The highest BCUT2D eigenvalue weighted by Crippen LogP contribution is 2.26. The second-order valence-electron chi connectivity index (χ2n) is 7.49. The van der Waals surface area contributed by atoms with Crippen molar-refractivity contribution in [2.75, 3.05) is 46.6 Å². The summed E-state index contributed by atoms with van der Waals surface area (Å²) in [5.74, 6) is 2.10. The van der Waals surface area contributed by atoms with Crippen LogP contribution in [0, 0.1) is 0 Å². The van der Waals surface area contributed by atoms with Crippen LogP contribution in [-0.2, 0) is 4.74 Å². The van der Waals surface area contributed by atoms with Crippen molar-refractivity contribution in [1.82, 2.24) is 4.90 Å².